The number of benzene rings is 2. The second-order valence-corrected chi connectivity index (χ2v) is 12.0. The van der Waals surface area contributed by atoms with Crippen molar-refractivity contribution < 1.29 is 23.4 Å². The first-order valence-corrected chi connectivity index (χ1v) is 15.6. The molecule has 1 fully saturated rings. The van der Waals surface area contributed by atoms with Gasteiger partial charge in [0.2, 0.25) is 5.88 Å². The number of carboxylic acids is 1. The minimum Gasteiger partial charge on any atom is -0.481 e. The first-order valence-electron chi connectivity index (χ1n) is 15.2. The molecule has 0 atom stereocenters. The number of carbonyl (C=O) groups is 1. The van der Waals surface area contributed by atoms with E-state index in [1.807, 2.05) is 31.2 Å². The highest BCUT2D eigenvalue weighted by atomic mass is 35.5. The SMILES string of the molecule is COc1nc(-c2cccc(-c3cccc(Nc4nc(C(F)F)cc5cnn(C)c(=O)c45)c3C)c2Cl)cnc1CN1CCC(C(=O)O)CC1. The van der Waals surface area contributed by atoms with E-state index in [0.717, 1.165) is 15.8 Å². The van der Waals surface area contributed by atoms with Crippen LogP contribution < -0.4 is 15.6 Å². The molecule has 1 aliphatic heterocycles. The van der Waals surface area contributed by atoms with E-state index in [9.17, 15) is 23.5 Å². The number of rotatable bonds is 9. The Morgan fingerprint density at radius 1 is 1.10 bits per heavy atom. The third-order valence-electron chi connectivity index (χ3n) is 8.64. The number of alkyl halides is 2. The van der Waals surface area contributed by atoms with Crippen molar-refractivity contribution in [3.05, 3.63) is 87.2 Å². The summed E-state index contributed by atoms with van der Waals surface area (Å²) in [5.74, 6) is -0.738. The summed E-state index contributed by atoms with van der Waals surface area (Å²) in [6.07, 6.45) is 1.30. The molecule has 5 aromatic rings. The summed E-state index contributed by atoms with van der Waals surface area (Å²) in [7, 11) is 3.00. The van der Waals surface area contributed by atoms with Crippen LogP contribution in [0, 0.1) is 12.8 Å². The van der Waals surface area contributed by atoms with Gasteiger partial charge in [-0.25, -0.2) is 23.4 Å². The summed E-state index contributed by atoms with van der Waals surface area (Å²) in [5, 5.41) is 17.2. The minimum absolute atomic E-state index is 0.000358. The summed E-state index contributed by atoms with van der Waals surface area (Å²) < 4.78 is 34.2. The predicted octanol–water partition coefficient (Wildman–Crippen LogP) is 6.40. The van der Waals surface area contributed by atoms with E-state index in [0.29, 0.717) is 71.6 Å². The highest BCUT2D eigenvalue weighted by Gasteiger charge is 2.26. The number of hydrogen-bond acceptors (Lipinski definition) is 9. The van der Waals surface area contributed by atoms with Gasteiger partial charge in [-0.15, -0.1) is 0 Å². The summed E-state index contributed by atoms with van der Waals surface area (Å²) in [6.45, 7) is 3.61. The van der Waals surface area contributed by atoms with Gasteiger partial charge >= 0.3 is 5.97 Å². The number of pyridine rings is 1. The summed E-state index contributed by atoms with van der Waals surface area (Å²) in [6, 6.07) is 12.2. The van der Waals surface area contributed by atoms with Crippen LogP contribution >= 0.6 is 11.6 Å². The van der Waals surface area contributed by atoms with Crippen molar-refractivity contribution in [3.63, 3.8) is 0 Å². The molecule has 1 aliphatic rings. The Balaban J connectivity index is 1.32. The number of hydrogen-bond donors (Lipinski definition) is 2. The quantitative estimate of drug-likeness (QED) is 0.181. The van der Waals surface area contributed by atoms with E-state index in [1.165, 1.54) is 26.4 Å². The number of nitrogens with zero attached hydrogens (tertiary/aromatic N) is 6. The number of ether oxygens (including phenoxy) is 1. The summed E-state index contributed by atoms with van der Waals surface area (Å²) in [5.41, 5.74) is 3.56. The first kappa shape index (κ1) is 32.9. The number of aromatic nitrogens is 5. The third-order valence-corrected chi connectivity index (χ3v) is 9.05. The highest BCUT2D eigenvalue weighted by Crippen LogP contribution is 2.40. The van der Waals surface area contributed by atoms with Crippen LogP contribution in [-0.4, -0.2) is 60.9 Å². The van der Waals surface area contributed by atoms with Crippen LogP contribution in [0.1, 0.15) is 36.2 Å². The van der Waals surface area contributed by atoms with E-state index in [-0.39, 0.29) is 22.5 Å². The van der Waals surface area contributed by atoms with Gasteiger partial charge in [0.15, 0.2) is 0 Å². The molecule has 3 aromatic heterocycles. The van der Waals surface area contributed by atoms with Gasteiger partial charge in [-0.3, -0.25) is 19.5 Å². The maximum Gasteiger partial charge on any atom is 0.306 e. The largest absolute Gasteiger partial charge is 0.481 e. The number of aliphatic carboxylic acids is 1. The lowest BCUT2D eigenvalue weighted by molar-refractivity contribution is -0.143. The van der Waals surface area contributed by atoms with Gasteiger partial charge in [-0.1, -0.05) is 41.9 Å². The lowest BCUT2D eigenvalue weighted by Gasteiger charge is -2.29. The number of anilines is 2. The molecule has 0 saturated carbocycles. The fourth-order valence-corrected chi connectivity index (χ4v) is 6.28. The molecule has 48 heavy (non-hydrogen) atoms. The zero-order valence-electron chi connectivity index (χ0n) is 26.4. The molecule has 0 aliphatic carbocycles. The van der Waals surface area contributed by atoms with Crippen molar-refractivity contribution in [1.29, 1.82) is 0 Å². The molecule has 0 spiro atoms. The third kappa shape index (κ3) is 6.43. The van der Waals surface area contributed by atoms with Crippen LogP contribution in [0.4, 0.5) is 20.3 Å². The van der Waals surface area contributed by atoms with Gasteiger partial charge in [0.05, 0.1) is 41.5 Å². The normalized spacial score (nSPS) is 14.1. The Morgan fingerprint density at radius 2 is 1.81 bits per heavy atom. The molecular formula is C34H32ClF2N7O4. The van der Waals surface area contributed by atoms with Crippen LogP contribution in [0.2, 0.25) is 5.02 Å². The van der Waals surface area contributed by atoms with Crippen LogP contribution in [0.25, 0.3) is 33.2 Å². The molecular weight excluding hydrogens is 644 g/mol. The Labute approximate surface area is 279 Å². The average molecular weight is 676 g/mol. The predicted molar refractivity (Wildman–Crippen MR) is 178 cm³/mol. The lowest BCUT2D eigenvalue weighted by atomic mass is 9.96. The van der Waals surface area contributed by atoms with Gasteiger partial charge in [-0.05, 0) is 56.1 Å². The zero-order valence-corrected chi connectivity index (χ0v) is 27.1. The molecule has 2 N–H and O–H groups in total. The number of carboxylic acid groups (broad SMARTS) is 1. The van der Waals surface area contributed by atoms with Crippen molar-refractivity contribution in [3.8, 4) is 28.3 Å². The molecule has 0 radical (unpaired) electrons. The van der Waals surface area contributed by atoms with E-state index >= 15 is 0 Å². The number of piperidine rings is 1. The number of nitrogens with one attached hydrogen (secondary N) is 1. The van der Waals surface area contributed by atoms with Crippen LogP contribution in [-0.2, 0) is 18.4 Å². The maximum atomic E-state index is 13.7. The summed E-state index contributed by atoms with van der Waals surface area (Å²) in [4.78, 5) is 39.9. The lowest BCUT2D eigenvalue weighted by Crippen LogP contribution is -2.36. The molecule has 0 unspecified atom stereocenters. The van der Waals surface area contributed by atoms with Crippen LogP contribution in [0.5, 0.6) is 5.88 Å². The van der Waals surface area contributed by atoms with Gasteiger partial charge < -0.3 is 15.2 Å². The van der Waals surface area contributed by atoms with Gasteiger partial charge in [0, 0.05) is 35.8 Å². The number of aryl methyl sites for hydroxylation is 1. The van der Waals surface area contributed by atoms with Crippen molar-refractivity contribution in [1.82, 2.24) is 29.6 Å². The topological polar surface area (TPSA) is 135 Å². The molecule has 6 rings (SSSR count). The van der Waals surface area contributed by atoms with Gasteiger partial charge in [-0.2, -0.15) is 5.10 Å². The van der Waals surface area contributed by atoms with Crippen LogP contribution in [0.3, 0.4) is 0 Å². The van der Waals surface area contributed by atoms with E-state index in [2.05, 4.69) is 25.3 Å². The molecule has 1 saturated heterocycles. The van der Waals surface area contributed by atoms with E-state index in [4.69, 9.17) is 21.3 Å². The van der Waals surface area contributed by atoms with E-state index < -0.39 is 23.6 Å². The maximum absolute atomic E-state index is 13.7. The molecule has 0 amide bonds. The van der Waals surface area contributed by atoms with Crippen molar-refractivity contribution in [2.24, 2.45) is 13.0 Å². The number of fused-ring (bicyclic) bond motifs is 1. The first-order chi connectivity index (χ1) is 23.0. The van der Waals surface area contributed by atoms with Gasteiger partial charge in [0.25, 0.3) is 12.0 Å². The Bertz CT molecular complexity index is 2080. The smallest absolute Gasteiger partial charge is 0.306 e. The number of likely N-dealkylation sites (tertiary alicyclic amines) is 1. The Hall–Kier alpha value is -5.01. The molecule has 0 bridgehead atoms. The fraction of sp³-hybridized carbons (Fsp3) is 0.294. The van der Waals surface area contributed by atoms with E-state index in [1.54, 1.807) is 18.3 Å². The molecule has 248 valence electrons. The second-order valence-electron chi connectivity index (χ2n) is 11.6. The van der Waals surface area contributed by atoms with Crippen molar-refractivity contribution >= 4 is 39.8 Å². The van der Waals surface area contributed by atoms with Crippen molar-refractivity contribution in [2.45, 2.75) is 32.7 Å². The average Bonchev–Trinajstić information content (AvgIpc) is 3.08. The fourth-order valence-electron chi connectivity index (χ4n) is 5.95. The molecule has 11 nitrogen and oxygen atoms in total. The monoisotopic (exact) mass is 675 g/mol. The Morgan fingerprint density at radius 3 is 2.52 bits per heavy atom. The molecule has 2 aromatic carbocycles. The second kappa shape index (κ2) is 13.6. The standard InChI is InChI=1S/C34H32ClF2N7O4/c1-18-21(6-5-9-24(18)40-31-28-20(14-25(41-31)30(36)37)15-39-43(2)33(28)45)22-7-4-8-23(29(22)35)26-16-38-27(32(42-26)48-3)17-44-12-10-19(11-13-44)34(46)47/h4-9,14-16,19,30H,10-13,17H2,1-3H3,(H,40,41)(H,46,47). The molecule has 14 heteroatoms. The molecule has 4 heterocycles. The zero-order chi connectivity index (χ0) is 34.1. The highest BCUT2D eigenvalue weighted by molar-refractivity contribution is 6.36. The number of methoxy groups -OCH3 is 1. The van der Waals surface area contributed by atoms with Crippen LogP contribution in [0.15, 0.2) is 59.7 Å². The number of halogens is 3. The Kier molecular flexibility index (Phi) is 9.33. The summed E-state index contributed by atoms with van der Waals surface area (Å²) >= 11 is 7.03. The van der Waals surface area contributed by atoms with Crippen molar-refractivity contribution in [2.75, 3.05) is 25.5 Å². The minimum atomic E-state index is -2.85. The van der Waals surface area contributed by atoms with Gasteiger partial charge in [0.1, 0.15) is 17.2 Å².